The van der Waals surface area contributed by atoms with E-state index in [1.54, 1.807) is 6.92 Å². The van der Waals surface area contributed by atoms with Gasteiger partial charge in [0.2, 0.25) is 10.0 Å². The average molecular weight is 310 g/mol. The number of amides is 1. The number of aromatic nitrogens is 2. The van der Waals surface area contributed by atoms with Gasteiger partial charge in [0, 0.05) is 6.20 Å². The van der Waals surface area contributed by atoms with Gasteiger partial charge in [0.1, 0.15) is 11.5 Å². The van der Waals surface area contributed by atoms with Crippen LogP contribution in [0.3, 0.4) is 0 Å². The van der Waals surface area contributed by atoms with E-state index >= 15 is 0 Å². The maximum Gasteiger partial charge on any atom is 0.275 e. The Kier molecular flexibility index (Phi) is 3.96. The second kappa shape index (κ2) is 5.54. The SMILES string of the molecule is Cc1cnc(C(=O)Nc2cc(S(N)(=O)=O)ccc2F)cn1. The van der Waals surface area contributed by atoms with Crippen LogP contribution in [-0.2, 0) is 10.0 Å². The number of nitrogens with zero attached hydrogens (tertiary/aromatic N) is 2. The van der Waals surface area contributed by atoms with E-state index in [4.69, 9.17) is 5.14 Å². The molecule has 110 valence electrons. The van der Waals surface area contributed by atoms with Crippen LogP contribution in [-0.4, -0.2) is 24.3 Å². The quantitative estimate of drug-likeness (QED) is 0.871. The number of benzene rings is 1. The van der Waals surface area contributed by atoms with E-state index in [1.165, 1.54) is 12.4 Å². The summed E-state index contributed by atoms with van der Waals surface area (Å²) in [5.74, 6) is -1.51. The van der Waals surface area contributed by atoms with Gasteiger partial charge in [-0.3, -0.25) is 9.78 Å². The molecule has 0 saturated heterocycles. The molecule has 0 spiro atoms. The molecule has 0 radical (unpaired) electrons. The van der Waals surface area contributed by atoms with Crippen molar-refractivity contribution >= 4 is 21.6 Å². The summed E-state index contributed by atoms with van der Waals surface area (Å²) in [6.45, 7) is 1.70. The molecular formula is C12H11FN4O3S. The Morgan fingerprint density at radius 3 is 2.57 bits per heavy atom. The molecule has 7 nitrogen and oxygen atoms in total. The van der Waals surface area contributed by atoms with E-state index in [0.29, 0.717) is 5.69 Å². The Hall–Kier alpha value is -2.39. The topological polar surface area (TPSA) is 115 Å². The first-order valence-corrected chi connectivity index (χ1v) is 7.24. The highest BCUT2D eigenvalue weighted by Crippen LogP contribution is 2.19. The molecule has 0 aliphatic rings. The molecule has 0 aliphatic carbocycles. The molecule has 1 aromatic carbocycles. The highest BCUT2D eigenvalue weighted by atomic mass is 32.2. The standard InChI is InChI=1S/C12H11FN4O3S/c1-7-5-16-11(6-15-7)12(18)17-10-4-8(21(14,19)20)2-3-9(10)13/h2-6H,1H3,(H,17,18)(H2,14,19,20). The smallest absolute Gasteiger partial charge is 0.275 e. The first-order chi connectivity index (χ1) is 9.77. The molecule has 21 heavy (non-hydrogen) atoms. The van der Waals surface area contributed by atoms with E-state index in [1.807, 2.05) is 0 Å². The molecule has 3 N–H and O–H groups in total. The fraction of sp³-hybridized carbons (Fsp3) is 0.0833. The van der Waals surface area contributed by atoms with Crippen LogP contribution in [0, 0.1) is 12.7 Å². The molecule has 0 aliphatic heterocycles. The van der Waals surface area contributed by atoms with Gasteiger partial charge in [-0.1, -0.05) is 0 Å². The number of anilines is 1. The molecule has 0 unspecified atom stereocenters. The molecule has 1 heterocycles. The summed E-state index contributed by atoms with van der Waals surface area (Å²) < 4.78 is 36.0. The number of primary sulfonamides is 1. The number of aryl methyl sites for hydroxylation is 1. The molecule has 0 atom stereocenters. The number of hydrogen-bond donors (Lipinski definition) is 2. The monoisotopic (exact) mass is 310 g/mol. The van der Waals surface area contributed by atoms with E-state index in [2.05, 4.69) is 15.3 Å². The van der Waals surface area contributed by atoms with Crippen molar-refractivity contribution < 1.29 is 17.6 Å². The number of rotatable bonds is 3. The lowest BCUT2D eigenvalue weighted by Gasteiger charge is -2.07. The number of carbonyl (C=O) groups is 1. The lowest BCUT2D eigenvalue weighted by molar-refractivity contribution is 0.102. The minimum atomic E-state index is -3.99. The van der Waals surface area contributed by atoms with Gasteiger partial charge in [0.25, 0.3) is 5.91 Å². The van der Waals surface area contributed by atoms with Crippen molar-refractivity contribution in [3.63, 3.8) is 0 Å². The first kappa shape index (κ1) is 15.0. The third-order valence-electron chi connectivity index (χ3n) is 2.53. The summed E-state index contributed by atoms with van der Waals surface area (Å²) >= 11 is 0. The number of sulfonamides is 1. The fourth-order valence-corrected chi connectivity index (χ4v) is 2.01. The maximum absolute atomic E-state index is 13.6. The van der Waals surface area contributed by atoms with Crippen molar-refractivity contribution in [3.8, 4) is 0 Å². The van der Waals surface area contributed by atoms with Crippen LogP contribution in [0.15, 0.2) is 35.5 Å². The normalized spacial score (nSPS) is 11.2. The summed E-state index contributed by atoms with van der Waals surface area (Å²) in [5.41, 5.74) is 0.281. The fourth-order valence-electron chi connectivity index (χ4n) is 1.47. The zero-order chi connectivity index (χ0) is 15.6. The number of nitrogens with two attached hydrogens (primary N) is 1. The number of nitrogens with one attached hydrogen (secondary N) is 1. The van der Waals surface area contributed by atoms with Crippen LogP contribution in [0.1, 0.15) is 16.2 Å². The van der Waals surface area contributed by atoms with Gasteiger partial charge in [-0.2, -0.15) is 0 Å². The lowest BCUT2D eigenvalue weighted by Crippen LogP contribution is -2.17. The molecule has 1 amide bonds. The van der Waals surface area contributed by atoms with E-state index in [-0.39, 0.29) is 16.3 Å². The Morgan fingerprint density at radius 1 is 1.29 bits per heavy atom. The van der Waals surface area contributed by atoms with Crippen LogP contribution in [0.4, 0.5) is 10.1 Å². The molecular weight excluding hydrogens is 299 g/mol. The van der Waals surface area contributed by atoms with Crippen molar-refractivity contribution in [2.24, 2.45) is 5.14 Å². The van der Waals surface area contributed by atoms with Gasteiger partial charge in [-0.15, -0.1) is 0 Å². The third-order valence-corrected chi connectivity index (χ3v) is 3.44. The number of hydrogen-bond acceptors (Lipinski definition) is 5. The summed E-state index contributed by atoms with van der Waals surface area (Å²) in [6.07, 6.45) is 2.61. The average Bonchev–Trinajstić information content (AvgIpc) is 2.40. The summed E-state index contributed by atoms with van der Waals surface area (Å²) in [6, 6.07) is 2.84. The number of halogens is 1. The Labute approximate surface area is 120 Å². The van der Waals surface area contributed by atoms with Gasteiger partial charge in [0.05, 0.1) is 22.5 Å². The predicted molar refractivity (Wildman–Crippen MR) is 72.5 cm³/mol. The van der Waals surface area contributed by atoms with Gasteiger partial charge < -0.3 is 5.32 Å². The molecule has 9 heteroatoms. The van der Waals surface area contributed by atoms with Crippen molar-refractivity contribution in [1.29, 1.82) is 0 Å². The largest absolute Gasteiger partial charge is 0.318 e. The van der Waals surface area contributed by atoms with Crippen LogP contribution < -0.4 is 10.5 Å². The Morgan fingerprint density at radius 2 is 2.00 bits per heavy atom. The van der Waals surface area contributed by atoms with Gasteiger partial charge in [0.15, 0.2) is 0 Å². The summed E-state index contributed by atoms with van der Waals surface area (Å²) in [7, 11) is -3.99. The van der Waals surface area contributed by atoms with Gasteiger partial charge in [-0.25, -0.2) is 22.9 Å². The molecule has 1 aromatic heterocycles. The zero-order valence-electron chi connectivity index (χ0n) is 10.9. The van der Waals surface area contributed by atoms with Crippen LogP contribution in [0.5, 0.6) is 0 Å². The minimum Gasteiger partial charge on any atom is -0.318 e. The molecule has 0 bridgehead atoms. The van der Waals surface area contributed by atoms with Crippen molar-refractivity contribution in [2.45, 2.75) is 11.8 Å². The summed E-state index contributed by atoms with van der Waals surface area (Å²) in [4.78, 5) is 19.3. The third kappa shape index (κ3) is 3.58. The first-order valence-electron chi connectivity index (χ1n) is 5.70. The molecule has 0 fully saturated rings. The predicted octanol–water partition coefficient (Wildman–Crippen LogP) is 0.824. The van der Waals surface area contributed by atoms with Crippen LogP contribution >= 0.6 is 0 Å². The molecule has 2 rings (SSSR count). The van der Waals surface area contributed by atoms with Crippen molar-refractivity contribution in [2.75, 3.05) is 5.32 Å². The van der Waals surface area contributed by atoms with Crippen LogP contribution in [0.25, 0.3) is 0 Å². The minimum absolute atomic E-state index is 0.0268. The Bertz CT molecular complexity index is 791. The van der Waals surface area contributed by atoms with E-state index < -0.39 is 21.7 Å². The maximum atomic E-state index is 13.6. The highest BCUT2D eigenvalue weighted by molar-refractivity contribution is 7.89. The zero-order valence-corrected chi connectivity index (χ0v) is 11.7. The van der Waals surface area contributed by atoms with Crippen LogP contribution in [0.2, 0.25) is 0 Å². The van der Waals surface area contributed by atoms with E-state index in [9.17, 15) is 17.6 Å². The molecule has 2 aromatic rings. The van der Waals surface area contributed by atoms with E-state index in [0.717, 1.165) is 18.2 Å². The second-order valence-electron chi connectivity index (χ2n) is 4.18. The number of carbonyl (C=O) groups excluding carboxylic acids is 1. The van der Waals surface area contributed by atoms with Gasteiger partial charge >= 0.3 is 0 Å². The van der Waals surface area contributed by atoms with Gasteiger partial charge in [-0.05, 0) is 25.1 Å². The van der Waals surface area contributed by atoms with Crippen molar-refractivity contribution in [1.82, 2.24) is 9.97 Å². The summed E-state index contributed by atoms with van der Waals surface area (Å²) in [5, 5.41) is 7.17. The van der Waals surface area contributed by atoms with Crippen molar-refractivity contribution in [3.05, 3.63) is 47.8 Å². The Balaban J connectivity index is 2.31. The lowest BCUT2D eigenvalue weighted by atomic mass is 10.3. The molecule has 0 saturated carbocycles. The highest BCUT2D eigenvalue weighted by Gasteiger charge is 2.15. The second-order valence-corrected chi connectivity index (χ2v) is 5.75.